The highest BCUT2D eigenvalue weighted by molar-refractivity contribution is 14.1. The quantitative estimate of drug-likeness (QED) is 0.781. The van der Waals surface area contributed by atoms with Crippen LogP contribution >= 0.6 is 22.6 Å². The molecule has 1 unspecified atom stereocenters. The molecule has 0 saturated heterocycles. The molecule has 20 heavy (non-hydrogen) atoms. The van der Waals surface area contributed by atoms with Gasteiger partial charge < -0.3 is 10.4 Å². The third kappa shape index (κ3) is 3.68. The second kappa shape index (κ2) is 6.51. The molecule has 1 aliphatic carbocycles. The molecule has 2 atom stereocenters. The van der Waals surface area contributed by atoms with Crippen LogP contribution in [0.15, 0.2) is 12.3 Å². The Kier molecular flexibility index (Phi) is 4.95. The number of hydrogen-bond donors (Lipinski definition) is 2. The average molecular weight is 388 g/mol. The number of carbonyl (C=O) groups excluding carboxylic acids is 1. The lowest BCUT2D eigenvalue weighted by Crippen LogP contribution is -2.31. The summed E-state index contributed by atoms with van der Waals surface area (Å²) in [6, 6.07) is 1.82. The molecule has 0 aromatic carbocycles. The molecule has 1 aliphatic rings. The number of pyridine rings is 1. The number of rotatable bonds is 3. The highest BCUT2D eigenvalue weighted by Gasteiger charge is 2.31. The van der Waals surface area contributed by atoms with E-state index in [0.29, 0.717) is 18.7 Å². The van der Waals surface area contributed by atoms with Crippen LogP contribution in [0.2, 0.25) is 0 Å². The molecule has 1 saturated carbocycles. The number of carboxylic acids is 1. The summed E-state index contributed by atoms with van der Waals surface area (Å²) in [5.41, 5.74) is 1.06. The first-order chi connectivity index (χ1) is 9.47. The molecule has 0 spiro atoms. The van der Waals surface area contributed by atoms with Gasteiger partial charge in [0.25, 0.3) is 0 Å². The van der Waals surface area contributed by atoms with E-state index in [2.05, 4.69) is 32.9 Å². The van der Waals surface area contributed by atoms with Gasteiger partial charge in [0.1, 0.15) is 5.82 Å². The molecular formula is C14H17IN2O3. The maximum Gasteiger partial charge on any atom is 0.306 e. The number of anilines is 1. The Balaban J connectivity index is 2.00. The molecule has 2 N–H and O–H groups in total. The molecule has 0 radical (unpaired) electrons. The van der Waals surface area contributed by atoms with Crippen molar-refractivity contribution in [2.45, 2.75) is 32.6 Å². The van der Waals surface area contributed by atoms with Crippen molar-refractivity contribution >= 4 is 40.3 Å². The number of hydrogen-bond acceptors (Lipinski definition) is 3. The van der Waals surface area contributed by atoms with Crippen LogP contribution in [0.4, 0.5) is 5.82 Å². The van der Waals surface area contributed by atoms with Crippen LogP contribution in [0.5, 0.6) is 0 Å². The van der Waals surface area contributed by atoms with E-state index in [0.717, 1.165) is 22.0 Å². The van der Waals surface area contributed by atoms with E-state index in [1.807, 2.05) is 13.0 Å². The fourth-order valence-corrected chi connectivity index (χ4v) is 2.88. The Morgan fingerprint density at radius 2 is 2.10 bits per heavy atom. The lowest BCUT2D eigenvalue weighted by atomic mass is 9.81. The first-order valence-corrected chi connectivity index (χ1v) is 7.71. The molecule has 1 aromatic heterocycles. The molecule has 1 amide bonds. The van der Waals surface area contributed by atoms with E-state index in [1.54, 1.807) is 6.20 Å². The van der Waals surface area contributed by atoms with Gasteiger partial charge in [-0.2, -0.15) is 0 Å². The predicted octanol–water partition coefficient (Wildman–Crippen LogP) is 2.82. The molecule has 5 nitrogen and oxygen atoms in total. The zero-order chi connectivity index (χ0) is 14.7. The van der Waals surface area contributed by atoms with Crippen LogP contribution in [0.3, 0.4) is 0 Å². The highest BCUT2D eigenvalue weighted by Crippen LogP contribution is 2.30. The lowest BCUT2D eigenvalue weighted by molar-refractivity contribution is -0.143. The van der Waals surface area contributed by atoms with Gasteiger partial charge in [-0.25, -0.2) is 4.98 Å². The summed E-state index contributed by atoms with van der Waals surface area (Å²) >= 11 is 2.19. The molecule has 2 rings (SSSR count). The summed E-state index contributed by atoms with van der Waals surface area (Å²) in [4.78, 5) is 27.4. The van der Waals surface area contributed by atoms with Gasteiger partial charge in [-0.3, -0.25) is 9.59 Å². The van der Waals surface area contributed by atoms with Crippen molar-refractivity contribution in [3.05, 3.63) is 21.4 Å². The number of amides is 1. The molecule has 1 fully saturated rings. The van der Waals surface area contributed by atoms with E-state index in [4.69, 9.17) is 5.11 Å². The Morgan fingerprint density at radius 1 is 1.40 bits per heavy atom. The molecular weight excluding hydrogens is 371 g/mol. The van der Waals surface area contributed by atoms with E-state index in [-0.39, 0.29) is 11.8 Å². The summed E-state index contributed by atoms with van der Waals surface area (Å²) in [6.07, 6.45) is 4.34. The van der Waals surface area contributed by atoms with Crippen molar-refractivity contribution in [1.29, 1.82) is 0 Å². The van der Waals surface area contributed by atoms with E-state index in [1.165, 1.54) is 0 Å². The number of carbonyl (C=O) groups is 2. The molecule has 108 valence electrons. The molecule has 1 heterocycles. The topological polar surface area (TPSA) is 79.3 Å². The van der Waals surface area contributed by atoms with Crippen LogP contribution < -0.4 is 5.32 Å². The number of carboxylic acid groups (broad SMARTS) is 1. The molecule has 6 heteroatoms. The second-order valence-corrected chi connectivity index (χ2v) is 6.37. The summed E-state index contributed by atoms with van der Waals surface area (Å²) in [5, 5.41) is 11.8. The predicted molar refractivity (Wildman–Crippen MR) is 83.4 cm³/mol. The van der Waals surface area contributed by atoms with Crippen molar-refractivity contribution in [3.8, 4) is 0 Å². The minimum Gasteiger partial charge on any atom is -0.481 e. The highest BCUT2D eigenvalue weighted by atomic mass is 127. The monoisotopic (exact) mass is 388 g/mol. The number of nitrogens with zero attached hydrogens (tertiary/aromatic N) is 1. The largest absolute Gasteiger partial charge is 0.481 e. The van der Waals surface area contributed by atoms with Crippen LogP contribution in [0.25, 0.3) is 0 Å². The third-order valence-electron chi connectivity index (χ3n) is 3.68. The van der Waals surface area contributed by atoms with Crippen LogP contribution in [-0.4, -0.2) is 22.0 Å². The number of aromatic nitrogens is 1. The SMILES string of the molecule is Cc1cnc(NC(=O)[C@H]2CCCC(C(=O)O)C2)cc1I. The van der Waals surface area contributed by atoms with E-state index >= 15 is 0 Å². The van der Waals surface area contributed by atoms with Crippen molar-refractivity contribution in [2.24, 2.45) is 11.8 Å². The van der Waals surface area contributed by atoms with Gasteiger partial charge in [0, 0.05) is 15.7 Å². The van der Waals surface area contributed by atoms with Crippen molar-refractivity contribution < 1.29 is 14.7 Å². The number of aliphatic carboxylic acids is 1. The first-order valence-electron chi connectivity index (χ1n) is 6.63. The molecule has 1 aromatic rings. The third-order valence-corrected chi connectivity index (χ3v) is 4.85. The normalized spacial score (nSPS) is 22.3. The van der Waals surface area contributed by atoms with Crippen LogP contribution in [-0.2, 0) is 9.59 Å². The van der Waals surface area contributed by atoms with Crippen LogP contribution in [0.1, 0.15) is 31.2 Å². The maximum absolute atomic E-state index is 12.2. The zero-order valence-corrected chi connectivity index (χ0v) is 13.4. The molecule has 0 aliphatic heterocycles. The molecule has 0 bridgehead atoms. The van der Waals surface area contributed by atoms with Gasteiger partial charge in [-0.1, -0.05) is 6.42 Å². The van der Waals surface area contributed by atoms with Crippen molar-refractivity contribution in [3.63, 3.8) is 0 Å². The Hall–Kier alpha value is -1.18. The van der Waals surface area contributed by atoms with Crippen LogP contribution in [0, 0.1) is 22.3 Å². The zero-order valence-electron chi connectivity index (χ0n) is 11.2. The van der Waals surface area contributed by atoms with Crippen molar-refractivity contribution in [2.75, 3.05) is 5.32 Å². The van der Waals surface area contributed by atoms with Gasteiger partial charge in [0.05, 0.1) is 5.92 Å². The fraction of sp³-hybridized carbons (Fsp3) is 0.500. The summed E-state index contributed by atoms with van der Waals surface area (Å²) in [7, 11) is 0. The second-order valence-electron chi connectivity index (χ2n) is 5.21. The number of nitrogens with one attached hydrogen (secondary N) is 1. The van der Waals surface area contributed by atoms with Crippen molar-refractivity contribution in [1.82, 2.24) is 4.98 Å². The summed E-state index contributed by atoms with van der Waals surface area (Å²) < 4.78 is 1.04. The van der Waals surface area contributed by atoms with Gasteiger partial charge in [-0.15, -0.1) is 0 Å². The van der Waals surface area contributed by atoms with Gasteiger partial charge in [0.2, 0.25) is 5.91 Å². The number of aryl methyl sites for hydroxylation is 1. The van der Waals surface area contributed by atoms with Gasteiger partial charge in [0.15, 0.2) is 0 Å². The minimum atomic E-state index is -0.800. The maximum atomic E-state index is 12.2. The fourth-order valence-electron chi connectivity index (χ4n) is 2.45. The standard InChI is InChI=1S/C14H17IN2O3/c1-8-7-16-12(6-11(8)15)17-13(18)9-3-2-4-10(5-9)14(19)20/h6-7,9-10H,2-5H2,1H3,(H,19,20)(H,16,17,18)/t9-,10?/m0/s1. The van der Waals surface area contributed by atoms with E-state index < -0.39 is 11.9 Å². The van der Waals surface area contributed by atoms with Gasteiger partial charge >= 0.3 is 5.97 Å². The smallest absolute Gasteiger partial charge is 0.306 e. The first kappa shape index (κ1) is 15.2. The number of halogens is 1. The Bertz CT molecular complexity index is 533. The summed E-state index contributed by atoms with van der Waals surface area (Å²) in [5.74, 6) is -1.02. The summed E-state index contributed by atoms with van der Waals surface area (Å²) in [6.45, 7) is 1.96. The minimum absolute atomic E-state index is 0.122. The van der Waals surface area contributed by atoms with Gasteiger partial charge in [-0.05, 0) is 60.4 Å². The average Bonchev–Trinajstić information content (AvgIpc) is 2.43. The Morgan fingerprint density at radius 3 is 2.75 bits per heavy atom. The Labute approximate surface area is 131 Å². The van der Waals surface area contributed by atoms with E-state index in [9.17, 15) is 9.59 Å². The lowest BCUT2D eigenvalue weighted by Gasteiger charge is -2.25.